The molecule has 0 bridgehead atoms. The Labute approximate surface area is 124 Å². The van der Waals surface area contributed by atoms with Crippen molar-refractivity contribution in [3.05, 3.63) is 29.6 Å². The van der Waals surface area contributed by atoms with Crippen LogP contribution in [0.1, 0.15) is 81.9 Å². The lowest BCUT2D eigenvalue weighted by Gasteiger charge is -2.29. The SMILES string of the molecule is CCCCCCCCC(N)C1CCCc2cccnc21. The van der Waals surface area contributed by atoms with E-state index in [0.717, 1.165) is 6.42 Å². The molecule has 2 N–H and O–H groups in total. The van der Waals surface area contributed by atoms with Gasteiger partial charge in [0.15, 0.2) is 0 Å². The Hall–Kier alpha value is -0.890. The summed E-state index contributed by atoms with van der Waals surface area (Å²) in [5, 5.41) is 0. The fourth-order valence-corrected chi connectivity index (χ4v) is 3.42. The van der Waals surface area contributed by atoms with Gasteiger partial charge in [-0.1, -0.05) is 51.5 Å². The second-order valence-electron chi connectivity index (χ2n) is 6.27. The van der Waals surface area contributed by atoms with E-state index in [2.05, 4.69) is 24.0 Å². The zero-order valence-corrected chi connectivity index (χ0v) is 13.0. The van der Waals surface area contributed by atoms with Crippen LogP contribution in [0.25, 0.3) is 0 Å². The summed E-state index contributed by atoms with van der Waals surface area (Å²) in [6, 6.07) is 4.59. The molecule has 0 spiro atoms. The standard InChI is InChI=1S/C18H30N2/c1-2-3-4-5-6-7-13-17(19)16-12-8-10-15-11-9-14-20-18(15)16/h9,11,14,16-17H,2-8,10,12-13,19H2,1H3. The van der Waals surface area contributed by atoms with Gasteiger partial charge in [-0.05, 0) is 37.3 Å². The van der Waals surface area contributed by atoms with Gasteiger partial charge < -0.3 is 5.73 Å². The van der Waals surface area contributed by atoms with E-state index in [1.54, 1.807) is 0 Å². The maximum Gasteiger partial charge on any atom is 0.0481 e. The van der Waals surface area contributed by atoms with Gasteiger partial charge in [0, 0.05) is 23.9 Å². The molecule has 0 aliphatic heterocycles. The number of hydrogen-bond acceptors (Lipinski definition) is 2. The van der Waals surface area contributed by atoms with Crippen molar-refractivity contribution in [2.75, 3.05) is 0 Å². The van der Waals surface area contributed by atoms with Crippen molar-refractivity contribution in [1.29, 1.82) is 0 Å². The molecule has 2 nitrogen and oxygen atoms in total. The normalized spacial score (nSPS) is 19.6. The van der Waals surface area contributed by atoms with Crippen molar-refractivity contribution in [3.63, 3.8) is 0 Å². The summed E-state index contributed by atoms with van der Waals surface area (Å²) in [4.78, 5) is 4.61. The smallest absolute Gasteiger partial charge is 0.0481 e. The quantitative estimate of drug-likeness (QED) is 0.705. The van der Waals surface area contributed by atoms with Crippen LogP contribution in [0.15, 0.2) is 18.3 Å². The summed E-state index contributed by atoms with van der Waals surface area (Å²) in [5.41, 5.74) is 9.19. The first-order valence-corrected chi connectivity index (χ1v) is 8.52. The highest BCUT2D eigenvalue weighted by Crippen LogP contribution is 2.33. The van der Waals surface area contributed by atoms with Gasteiger partial charge in [0.05, 0.1) is 0 Å². The van der Waals surface area contributed by atoms with Crippen molar-refractivity contribution < 1.29 is 0 Å². The summed E-state index contributed by atoms with van der Waals surface area (Å²) in [6.07, 6.45) is 14.9. The Balaban J connectivity index is 1.77. The molecule has 112 valence electrons. The van der Waals surface area contributed by atoms with Crippen LogP contribution in [0.5, 0.6) is 0 Å². The van der Waals surface area contributed by atoms with E-state index in [-0.39, 0.29) is 0 Å². The molecule has 1 aliphatic rings. The third-order valence-electron chi connectivity index (χ3n) is 4.65. The average Bonchev–Trinajstić information content (AvgIpc) is 2.50. The van der Waals surface area contributed by atoms with Crippen molar-refractivity contribution in [2.24, 2.45) is 5.73 Å². The fourth-order valence-electron chi connectivity index (χ4n) is 3.42. The number of aryl methyl sites for hydroxylation is 1. The van der Waals surface area contributed by atoms with Crippen LogP contribution in [0, 0.1) is 0 Å². The third kappa shape index (κ3) is 4.31. The molecule has 1 aromatic heterocycles. The first kappa shape index (κ1) is 15.5. The van der Waals surface area contributed by atoms with Gasteiger partial charge in [-0.3, -0.25) is 4.98 Å². The zero-order chi connectivity index (χ0) is 14.2. The minimum atomic E-state index is 0.301. The molecule has 2 rings (SSSR count). The number of aromatic nitrogens is 1. The number of rotatable bonds is 8. The molecule has 0 saturated carbocycles. The van der Waals surface area contributed by atoms with Gasteiger partial charge in [-0.2, -0.15) is 0 Å². The van der Waals surface area contributed by atoms with E-state index in [9.17, 15) is 0 Å². The lowest BCUT2D eigenvalue weighted by atomic mass is 9.80. The molecule has 20 heavy (non-hydrogen) atoms. The molecule has 1 heterocycles. The number of pyridine rings is 1. The number of nitrogens with zero attached hydrogens (tertiary/aromatic N) is 1. The predicted molar refractivity (Wildman–Crippen MR) is 85.9 cm³/mol. The van der Waals surface area contributed by atoms with E-state index in [1.165, 1.54) is 69.0 Å². The Morgan fingerprint density at radius 2 is 2.05 bits per heavy atom. The van der Waals surface area contributed by atoms with Crippen LogP contribution >= 0.6 is 0 Å². The number of fused-ring (bicyclic) bond motifs is 1. The van der Waals surface area contributed by atoms with Crippen LogP contribution in [-0.2, 0) is 6.42 Å². The van der Waals surface area contributed by atoms with Crippen molar-refractivity contribution in [3.8, 4) is 0 Å². The number of unbranched alkanes of at least 4 members (excludes halogenated alkanes) is 5. The maximum absolute atomic E-state index is 6.46. The van der Waals surface area contributed by atoms with Gasteiger partial charge in [-0.25, -0.2) is 0 Å². The molecule has 2 atom stereocenters. The van der Waals surface area contributed by atoms with Crippen LogP contribution in [0.4, 0.5) is 0 Å². The number of hydrogen-bond donors (Lipinski definition) is 1. The molecule has 0 radical (unpaired) electrons. The molecule has 2 unspecified atom stereocenters. The second kappa shape index (κ2) is 8.41. The van der Waals surface area contributed by atoms with Gasteiger partial charge >= 0.3 is 0 Å². The largest absolute Gasteiger partial charge is 0.327 e. The summed E-state index contributed by atoms with van der Waals surface area (Å²) in [7, 11) is 0. The summed E-state index contributed by atoms with van der Waals surface area (Å²) in [6.45, 7) is 2.27. The van der Waals surface area contributed by atoms with Crippen LogP contribution in [0.3, 0.4) is 0 Å². The molecule has 1 aliphatic carbocycles. The van der Waals surface area contributed by atoms with E-state index < -0.39 is 0 Å². The van der Waals surface area contributed by atoms with Crippen LogP contribution in [0.2, 0.25) is 0 Å². The molecule has 0 aromatic carbocycles. The lowest BCUT2D eigenvalue weighted by molar-refractivity contribution is 0.416. The Morgan fingerprint density at radius 1 is 1.25 bits per heavy atom. The molecule has 1 aromatic rings. The average molecular weight is 274 g/mol. The first-order chi connectivity index (χ1) is 9.83. The molecule has 2 heteroatoms. The van der Waals surface area contributed by atoms with E-state index >= 15 is 0 Å². The molecule has 0 amide bonds. The molecular formula is C18H30N2. The molecule has 0 fully saturated rings. The van der Waals surface area contributed by atoms with E-state index in [4.69, 9.17) is 5.73 Å². The first-order valence-electron chi connectivity index (χ1n) is 8.52. The summed E-state index contributed by atoms with van der Waals surface area (Å²) >= 11 is 0. The highest BCUT2D eigenvalue weighted by Gasteiger charge is 2.26. The topological polar surface area (TPSA) is 38.9 Å². The van der Waals surface area contributed by atoms with Gasteiger partial charge in [0.1, 0.15) is 0 Å². The van der Waals surface area contributed by atoms with Crippen LogP contribution < -0.4 is 5.73 Å². The minimum Gasteiger partial charge on any atom is -0.327 e. The fraction of sp³-hybridized carbons (Fsp3) is 0.722. The lowest BCUT2D eigenvalue weighted by Crippen LogP contribution is -2.31. The predicted octanol–water partition coefficient (Wildman–Crippen LogP) is 4.58. The molecular weight excluding hydrogens is 244 g/mol. The second-order valence-corrected chi connectivity index (χ2v) is 6.27. The number of nitrogens with two attached hydrogens (primary N) is 1. The van der Waals surface area contributed by atoms with E-state index in [1.807, 2.05) is 6.20 Å². The van der Waals surface area contributed by atoms with Crippen molar-refractivity contribution >= 4 is 0 Å². The van der Waals surface area contributed by atoms with E-state index in [0.29, 0.717) is 12.0 Å². The highest BCUT2D eigenvalue weighted by molar-refractivity contribution is 5.27. The zero-order valence-electron chi connectivity index (χ0n) is 13.0. The summed E-state index contributed by atoms with van der Waals surface area (Å²) in [5.74, 6) is 0.496. The van der Waals surface area contributed by atoms with Crippen molar-refractivity contribution in [2.45, 2.75) is 83.1 Å². The highest BCUT2D eigenvalue weighted by atomic mass is 14.7. The Bertz CT molecular complexity index is 389. The molecule has 0 saturated heterocycles. The Morgan fingerprint density at radius 3 is 2.90 bits per heavy atom. The van der Waals surface area contributed by atoms with Gasteiger partial charge in [0.2, 0.25) is 0 Å². The van der Waals surface area contributed by atoms with Crippen molar-refractivity contribution in [1.82, 2.24) is 4.98 Å². The maximum atomic E-state index is 6.46. The van der Waals surface area contributed by atoms with Crippen LogP contribution in [-0.4, -0.2) is 11.0 Å². The Kier molecular flexibility index (Phi) is 6.52. The monoisotopic (exact) mass is 274 g/mol. The van der Waals surface area contributed by atoms with Gasteiger partial charge in [-0.15, -0.1) is 0 Å². The van der Waals surface area contributed by atoms with Gasteiger partial charge in [0.25, 0.3) is 0 Å². The minimum absolute atomic E-state index is 0.301. The summed E-state index contributed by atoms with van der Waals surface area (Å²) < 4.78 is 0. The third-order valence-corrected chi connectivity index (χ3v) is 4.65.